The van der Waals surface area contributed by atoms with E-state index in [0.717, 1.165) is 43.4 Å². The predicted octanol–water partition coefficient (Wildman–Crippen LogP) is 2.97. The number of ketones is 1. The van der Waals surface area contributed by atoms with Gasteiger partial charge < -0.3 is 4.74 Å². The number of hydrogen-bond donors (Lipinski definition) is 0. The van der Waals surface area contributed by atoms with Crippen molar-refractivity contribution in [2.75, 3.05) is 0 Å². The zero-order valence-corrected chi connectivity index (χ0v) is 9.34. The lowest BCUT2D eigenvalue weighted by Crippen LogP contribution is -2.37. The molecule has 2 nitrogen and oxygen atoms in total. The molecule has 1 fully saturated rings. The highest BCUT2D eigenvalue weighted by Gasteiger charge is 2.49. The third kappa shape index (κ3) is 1.27. The summed E-state index contributed by atoms with van der Waals surface area (Å²) in [6.07, 6.45) is 7.51. The van der Waals surface area contributed by atoms with Crippen molar-refractivity contribution in [1.29, 1.82) is 0 Å². The summed E-state index contributed by atoms with van der Waals surface area (Å²) in [5.41, 5.74) is 1.03. The summed E-state index contributed by atoms with van der Waals surface area (Å²) in [4.78, 5) is 11.9. The minimum Gasteiger partial charge on any atom is -0.491 e. The van der Waals surface area contributed by atoms with Crippen LogP contribution in [0.2, 0.25) is 0 Å². The third-order valence-corrected chi connectivity index (χ3v) is 4.27. The number of ether oxygens (including phenoxy) is 1. The van der Waals surface area contributed by atoms with Crippen molar-refractivity contribution in [3.8, 4) is 0 Å². The fourth-order valence-corrected chi connectivity index (χ4v) is 3.49. The molecule has 0 N–H and O–H groups in total. The Morgan fingerprint density at radius 3 is 3.00 bits per heavy atom. The van der Waals surface area contributed by atoms with Crippen molar-refractivity contribution in [3.05, 3.63) is 11.3 Å². The topological polar surface area (TPSA) is 26.3 Å². The van der Waals surface area contributed by atoms with Crippen molar-refractivity contribution in [3.63, 3.8) is 0 Å². The second-order valence-corrected chi connectivity index (χ2v) is 5.33. The van der Waals surface area contributed by atoms with Gasteiger partial charge in [-0.1, -0.05) is 6.42 Å². The van der Waals surface area contributed by atoms with Gasteiger partial charge in [0.1, 0.15) is 11.4 Å². The molecule has 0 spiro atoms. The Morgan fingerprint density at radius 2 is 2.13 bits per heavy atom. The zero-order valence-electron chi connectivity index (χ0n) is 9.34. The van der Waals surface area contributed by atoms with Gasteiger partial charge in [-0.3, -0.25) is 4.79 Å². The maximum Gasteiger partial charge on any atom is 0.162 e. The van der Waals surface area contributed by atoms with Crippen LogP contribution in [0.4, 0.5) is 0 Å². The van der Waals surface area contributed by atoms with Crippen LogP contribution in [0.5, 0.6) is 0 Å². The molecule has 2 unspecified atom stereocenters. The van der Waals surface area contributed by atoms with E-state index in [1.807, 2.05) is 0 Å². The van der Waals surface area contributed by atoms with Crippen molar-refractivity contribution < 1.29 is 9.53 Å². The molecule has 3 rings (SSSR count). The summed E-state index contributed by atoms with van der Waals surface area (Å²) >= 11 is 0. The first kappa shape index (κ1) is 9.44. The molecule has 1 heterocycles. The lowest BCUT2D eigenvalue weighted by atomic mass is 9.72. The van der Waals surface area contributed by atoms with E-state index in [2.05, 4.69) is 6.92 Å². The van der Waals surface area contributed by atoms with E-state index in [0.29, 0.717) is 11.7 Å². The van der Waals surface area contributed by atoms with Crippen LogP contribution in [0, 0.1) is 5.92 Å². The molecule has 15 heavy (non-hydrogen) atoms. The van der Waals surface area contributed by atoms with E-state index in [1.54, 1.807) is 0 Å². The lowest BCUT2D eigenvalue weighted by Gasteiger charge is -2.36. The fraction of sp³-hybridized carbons (Fsp3) is 0.769. The molecular formula is C13H18O2. The molecule has 1 saturated carbocycles. The number of Topliss-reactive ketones (excluding diaryl/α,β-unsaturated/α-hetero) is 1. The smallest absolute Gasteiger partial charge is 0.162 e. The van der Waals surface area contributed by atoms with Crippen LogP contribution < -0.4 is 0 Å². The molecule has 0 aromatic heterocycles. The van der Waals surface area contributed by atoms with E-state index in [4.69, 9.17) is 4.74 Å². The lowest BCUT2D eigenvalue weighted by molar-refractivity contribution is -0.116. The standard InChI is InChI=1S/C13H18O2/c1-13-8-3-2-5-9(13)12-10(14)6-4-7-11(12)15-13/h9H,2-8H2,1H3. The van der Waals surface area contributed by atoms with Gasteiger partial charge in [0, 0.05) is 24.3 Å². The van der Waals surface area contributed by atoms with E-state index < -0.39 is 0 Å². The zero-order chi connectivity index (χ0) is 10.5. The van der Waals surface area contributed by atoms with Crippen molar-refractivity contribution in [2.45, 2.75) is 57.5 Å². The average Bonchev–Trinajstić information content (AvgIpc) is 2.51. The molecule has 2 aliphatic carbocycles. The minimum absolute atomic E-state index is 0.0388. The highest BCUT2D eigenvalue weighted by Crippen LogP contribution is 2.50. The number of fused-ring (bicyclic) bond motifs is 2. The summed E-state index contributed by atoms with van der Waals surface area (Å²) in [7, 11) is 0. The van der Waals surface area contributed by atoms with Gasteiger partial charge >= 0.3 is 0 Å². The van der Waals surface area contributed by atoms with Crippen LogP contribution in [0.15, 0.2) is 11.3 Å². The number of rotatable bonds is 0. The Kier molecular flexibility index (Phi) is 1.95. The molecule has 0 amide bonds. The van der Waals surface area contributed by atoms with Crippen LogP contribution in [0.1, 0.15) is 51.9 Å². The van der Waals surface area contributed by atoms with Gasteiger partial charge in [0.05, 0.1) is 0 Å². The first-order valence-electron chi connectivity index (χ1n) is 6.16. The quantitative estimate of drug-likeness (QED) is 0.609. The Balaban J connectivity index is 1.99. The normalized spacial score (nSPS) is 39.8. The van der Waals surface area contributed by atoms with Crippen LogP contribution in [-0.4, -0.2) is 11.4 Å². The highest BCUT2D eigenvalue weighted by molar-refractivity contribution is 5.97. The largest absolute Gasteiger partial charge is 0.491 e. The third-order valence-electron chi connectivity index (χ3n) is 4.27. The predicted molar refractivity (Wildman–Crippen MR) is 57.3 cm³/mol. The Hall–Kier alpha value is -0.790. The van der Waals surface area contributed by atoms with Gasteiger partial charge in [-0.05, 0) is 32.6 Å². The number of carbonyl (C=O) groups excluding carboxylic acids is 1. The summed E-state index contributed by atoms with van der Waals surface area (Å²) in [5.74, 6) is 1.82. The van der Waals surface area contributed by atoms with Gasteiger partial charge in [-0.15, -0.1) is 0 Å². The molecule has 82 valence electrons. The van der Waals surface area contributed by atoms with Crippen molar-refractivity contribution in [2.24, 2.45) is 5.92 Å². The molecule has 0 bridgehead atoms. The van der Waals surface area contributed by atoms with Crippen molar-refractivity contribution >= 4 is 5.78 Å². The first-order chi connectivity index (χ1) is 7.21. The monoisotopic (exact) mass is 206 g/mol. The summed E-state index contributed by atoms with van der Waals surface area (Å²) in [6.45, 7) is 2.20. The maximum absolute atomic E-state index is 11.9. The number of allylic oxidation sites excluding steroid dienone is 1. The second-order valence-electron chi connectivity index (χ2n) is 5.33. The van der Waals surface area contributed by atoms with Gasteiger partial charge in [-0.25, -0.2) is 0 Å². The van der Waals surface area contributed by atoms with E-state index in [1.165, 1.54) is 12.8 Å². The Morgan fingerprint density at radius 1 is 1.27 bits per heavy atom. The summed E-state index contributed by atoms with van der Waals surface area (Å²) < 4.78 is 6.09. The van der Waals surface area contributed by atoms with Crippen molar-refractivity contribution in [1.82, 2.24) is 0 Å². The van der Waals surface area contributed by atoms with Crippen LogP contribution >= 0.6 is 0 Å². The van der Waals surface area contributed by atoms with Gasteiger partial charge in [-0.2, -0.15) is 0 Å². The molecule has 0 radical (unpaired) electrons. The van der Waals surface area contributed by atoms with Crippen LogP contribution in [0.25, 0.3) is 0 Å². The fourth-order valence-electron chi connectivity index (χ4n) is 3.49. The SMILES string of the molecule is CC12CCCCC1C1=C(CCCC1=O)O2. The molecule has 2 heteroatoms. The number of carbonyl (C=O) groups is 1. The molecule has 2 atom stereocenters. The molecule has 0 aromatic rings. The molecule has 1 aliphatic heterocycles. The van der Waals surface area contributed by atoms with Gasteiger partial charge in [0.15, 0.2) is 5.78 Å². The van der Waals surface area contributed by atoms with E-state index >= 15 is 0 Å². The molecule has 3 aliphatic rings. The van der Waals surface area contributed by atoms with E-state index in [9.17, 15) is 4.79 Å². The van der Waals surface area contributed by atoms with Crippen LogP contribution in [0.3, 0.4) is 0 Å². The Bertz CT molecular complexity index is 342. The first-order valence-corrected chi connectivity index (χ1v) is 6.16. The Labute approximate surface area is 90.7 Å². The average molecular weight is 206 g/mol. The summed E-state index contributed by atoms with van der Waals surface area (Å²) in [5, 5.41) is 0. The number of hydrogen-bond acceptors (Lipinski definition) is 2. The van der Waals surface area contributed by atoms with Crippen LogP contribution in [-0.2, 0) is 9.53 Å². The molecular weight excluding hydrogens is 188 g/mol. The summed E-state index contributed by atoms with van der Waals surface area (Å²) in [6, 6.07) is 0. The second kappa shape index (κ2) is 3.10. The molecule has 0 aromatic carbocycles. The van der Waals surface area contributed by atoms with Gasteiger partial charge in [0.25, 0.3) is 0 Å². The molecule has 0 saturated heterocycles. The minimum atomic E-state index is -0.0388. The van der Waals surface area contributed by atoms with E-state index in [-0.39, 0.29) is 5.60 Å². The maximum atomic E-state index is 11.9. The van der Waals surface area contributed by atoms with Gasteiger partial charge in [0.2, 0.25) is 0 Å². The highest BCUT2D eigenvalue weighted by atomic mass is 16.5.